The molecule has 6 aromatic carbocycles. The smallest absolute Gasteiger partial charge is 0.334 e. The Morgan fingerprint density at radius 1 is 0.446 bits per heavy atom. The number of alkyl halides is 6. The van der Waals surface area contributed by atoms with E-state index < -0.39 is 23.5 Å². The van der Waals surface area contributed by atoms with Gasteiger partial charge in [0.15, 0.2) is 0 Å². The van der Waals surface area contributed by atoms with Crippen LogP contribution in [0.2, 0.25) is 0 Å². The molecule has 0 spiro atoms. The summed E-state index contributed by atoms with van der Waals surface area (Å²) in [6.45, 7) is 9.14. The number of anilines is 4. The van der Waals surface area contributed by atoms with E-state index in [0.717, 1.165) is 118 Å². The quantitative estimate of drug-likeness (QED) is 0.128. The van der Waals surface area contributed by atoms with Gasteiger partial charge in [-0.2, -0.15) is 26.3 Å². The summed E-state index contributed by atoms with van der Waals surface area (Å²) in [6.07, 6.45) is 0.239. The van der Waals surface area contributed by atoms with Crippen molar-refractivity contribution in [2.24, 2.45) is 10.8 Å². The van der Waals surface area contributed by atoms with Crippen molar-refractivity contribution in [1.82, 2.24) is 0 Å². The lowest BCUT2D eigenvalue weighted by molar-refractivity contribution is -0.138. The van der Waals surface area contributed by atoms with Crippen LogP contribution in [0.3, 0.4) is 0 Å². The Balaban J connectivity index is 1.22. The number of fused-ring (bicyclic) bond motifs is 4. The lowest BCUT2D eigenvalue weighted by Gasteiger charge is -2.60. The van der Waals surface area contributed by atoms with Gasteiger partial charge in [0.1, 0.15) is 0 Å². The monoisotopic (exact) mass is 764 g/mol. The second-order valence-corrected chi connectivity index (χ2v) is 18.4. The largest absolute Gasteiger partial charge is 0.416 e. The number of halogens is 6. The molecule has 8 heteroatoms. The maximum Gasteiger partial charge on any atom is 0.416 e. The fourth-order valence-corrected chi connectivity index (χ4v) is 12.0. The molecule has 2 aliphatic heterocycles. The summed E-state index contributed by atoms with van der Waals surface area (Å²) in [5, 5.41) is 6.43. The molecule has 4 aliphatic rings. The summed E-state index contributed by atoms with van der Waals surface area (Å²) in [5.41, 5.74) is 2.74. The average molecular weight is 765 g/mol. The van der Waals surface area contributed by atoms with Crippen LogP contribution in [0.25, 0.3) is 32.3 Å². The summed E-state index contributed by atoms with van der Waals surface area (Å²) in [7, 11) is 0. The molecule has 0 radical (unpaired) electrons. The molecule has 10 rings (SSSR count). The number of benzene rings is 6. The Labute approximate surface area is 323 Å². The normalized spacial score (nSPS) is 28.0. The fourth-order valence-electron chi connectivity index (χ4n) is 12.0. The van der Waals surface area contributed by atoms with E-state index in [1.165, 1.54) is 24.3 Å². The predicted octanol–water partition coefficient (Wildman–Crippen LogP) is 14.7. The summed E-state index contributed by atoms with van der Waals surface area (Å²) in [6, 6.07) is 25.9. The molecule has 2 saturated carbocycles. The number of rotatable bonds is 2. The van der Waals surface area contributed by atoms with Crippen LogP contribution in [0.1, 0.15) is 101 Å². The van der Waals surface area contributed by atoms with E-state index in [-0.39, 0.29) is 21.9 Å². The fraction of sp³-hybridized carbons (Fsp3) is 0.417. The van der Waals surface area contributed by atoms with Crippen molar-refractivity contribution in [3.05, 3.63) is 107 Å². The van der Waals surface area contributed by atoms with Gasteiger partial charge in [-0.25, -0.2) is 0 Å². The first-order valence-electron chi connectivity index (χ1n) is 20.2. The molecule has 4 unspecified atom stereocenters. The highest BCUT2D eigenvalue weighted by atomic mass is 19.4. The van der Waals surface area contributed by atoms with Gasteiger partial charge in [-0.15, -0.1) is 0 Å². The molecule has 0 amide bonds. The van der Waals surface area contributed by atoms with E-state index in [4.69, 9.17) is 0 Å². The zero-order chi connectivity index (χ0) is 39.2. The molecule has 290 valence electrons. The zero-order valence-electron chi connectivity index (χ0n) is 32.3. The van der Waals surface area contributed by atoms with E-state index in [9.17, 15) is 26.3 Å². The standard InChI is InChI=1S/C48H46F6N2/c1-43-21-5-7-23-45(43,3)55(37-19-13-33(47(49,50)51)25-31(37)27-43)39-17-11-29-10-16-36-40(18-12-30-9-15-35(39)41(29)42(30)36)56-38-20-14-34(48(52,53)54)26-32(38)28-44(2)22-6-8-24-46(44,56)4/h9-20,25-26H,5-8,21-24,27-28H2,1-4H3. The zero-order valence-corrected chi connectivity index (χ0v) is 32.3. The van der Waals surface area contributed by atoms with Gasteiger partial charge in [0.25, 0.3) is 0 Å². The second-order valence-electron chi connectivity index (χ2n) is 18.4. The van der Waals surface area contributed by atoms with Crippen molar-refractivity contribution < 1.29 is 26.3 Å². The van der Waals surface area contributed by atoms with Crippen molar-refractivity contribution in [1.29, 1.82) is 0 Å². The van der Waals surface area contributed by atoms with Gasteiger partial charge in [-0.3, -0.25) is 0 Å². The lowest BCUT2D eigenvalue weighted by Crippen LogP contribution is -2.60. The van der Waals surface area contributed by atoms with Crippen molar-refractivity contribution in [3.8, 4) is 0 Å². The molecule has 0 bridgehead atoms. The minimum absolute atomic E-state index is 0.241. The third-order valence-electron chi connectivity index (χ3n) is 15.4. The Bertz CT molecular complexity index is 2400. The van der Waals surface area contributed by atoms with Crippen LogP contribution in [-0.2, 0) is 25.2 Å². The van der Waals surface area contributed by atoms with Crippen LogP contribution < -0.4 is 9.80 Å². The molecule has 0 N–H and O–H groups in total. The lowest BCUT2D eigenvalue weighted by atomic mass is 9.57. The van der Waals surface area contributed by atoms with E-state index in [0.29, 0.717) is 12.8 Å². The molecule has 2 heterocycles. The maximum absolute atomic E-state index is 14.1. The summed E-state index contributed by atoms with van der Waals surface area (Å²) in [5.74, 6) is 0. The second kappa shape index (κ2) is 11.6. The Hall–Kier alpha value is -4.46. The summed E-state index contributed by atoms with van der Waals surface area (Å²) < 4.78 is 84.7. The number of hydrogen-bond acceptors (Lipinski definition) is 2. The van der Waals surface area contributed by atoms with Crippen LogP contribution in [0.5, 0.6) is 0 Å². The Kier molecular flexibility index (Phi) is 7.42. The summed E-state index contributed by atoms with van der Waals surface area (Å²) in [4.78, 5) is 4.76. The van der Waals surface area contributed by atoms with Crippen molar-refractivity contribution in [2.75, 3.05) is 9.80 Å². The third kappa shape index (κ3) is 4.82. The van der Waals surface area contributed by atoms with Crippen molar-refractivity contribution in [3.63, 3.8) is 0 Å². The molecule has 56 heavy (non-hydrogen) atoms. The van der Waals surface area contributed by atoms with Gasteiger partial charge in [-0.05, 0) is 144 Å². The Morgan fingerprint density at radius 3 is 1.20 bits per heavy atom. The molecule has 2 nitrogen and oxygen atoms in total. The van der Waals surface area contributed by atoms with Gasteiger partial charge < -0.3 is 9.80 Å². The molecule has 6 aromatic rings. The highest BCUT2D eigenvalue weighted by Crippen LogP contribution is 2.61. The van der Waals surface area contributed by atoms with Crippen LogP contribution in [0.15, 0.2) is 84.9 Å². The van der Waals surface area contributed by atoms with Crippen molar-refractivity contribution in [2.45, 2.75) is 115 Å². The van der Waals surface area contributed by atoms with Gasteiger partial charge in [0.2, 0.25) is 0 Å². The summed E-state index contributed by atoms with van der Waals surface area (Å²) >= 11 is 0. The number of hydrogen-bond donors (Lipinski definition) is 0. The highest BCUT2D eigenvalue weighted by Gasteiger charge is 2.56. The van der Waals surface area contributed by atoms with Crippen LogP contribution >= 0.6 is 0 Å². The third-order valence-corrected chi connectivity index (χ3v) is 15.4. The van der Waals surface area contributed by atoms with E-state index in [1.54, 1.807) is 12.1 Å². The minimum atomic E-state index is -4.43. The molecule has 2 fully saturated rings. The van der Waals surface area contributed by atoms with Gasteiger partial charge >= 0.3 is 12.4 Å². The predicted molar refractivity (Wildman–Crippen MR) is 215 cm³/mol. The van der Waals surface area contributed by atoms with E-state index in [1.807, 2.05) is 0 Å². The molecular formula is C48H46F6N2. The first-order valence-corrected chi connectivity index (χ1v) is 20.2. The van der Waals surface area contributed by atoms with Crippen LogP contribution in [0, 0.1) is 10.8 Å². The number of nitrogens with zero attached hydrogens (tertiary/aromatic N) is 2. The average Bonchev–Trinajstić information content (AvgIpc) is 3.14. The Morgan fingerprint density at radius 2 is 0.804 bits per heavy atom. The van der Waals surface area contributed by atoms with Gasteiger partial charge in [0, 0.05) is 44.6 Å². The first-order chi connectivity index (χ1) is 26.5. The molecule has 0 aromatic heterocycles. The molecule has 0 saturated heterocycles. The molecule has 2 aliphatic carbocycles. The van der Waals surface area contributed by atoms with E-state index in [2.05, 4.69) is 86.0 Å². The SMILES string of the molecule is CC12CCCCC1(C)N(c1ccc3ccc4c(N5c6ccc(C(F)(F)F)cc6CC6(C)CCCCC56C)ccc5ccc1c3c54)c1ccc(C(F)(F)F)cc1C2. The molecule has 4 atom stereocenters. The minimum Gasteiger partial charge on any atom is -0.334 e. The van der Waals surface area contributed by atoms with Gasteiger partial charge in [0.05, 0.1) is 11.1 Å². The molecular weight excluding hydrogens is 719 g/mol. The van der Waals surface area contributed by atoms with Crippen LogP contribution in [-0.4, -0.2) is 11.1 Å². The van der Waals surface area contributed by atoms with E-state index >= 15 is 0 Å². The van der Waals surface area contributed by atoms with Crippen LogP contribution in [0.4, 0.5) is 49.1 Å². The van der Waals surface area contributed by atoms with Gasteiger partial charge in [-0.1, -0.05) is 75.9 Å². The van der Waals surface area contributed by atoms with Crippen molar-refractivity contribution >= 4 is 55.1 Å². The first kappa shape index (κ1) is 35.9. The topological polar surface area (TPSA) is 6.48 Å². The highest BCUT2D eigenvalue weighted by molar-refractivity contribution is 6.27. The maximum atomic E-state index is 14.1.